The molecule has 2 aromatic rings. The molecule has 5 heteroatoms. The molecule has 0 bridgehead atoms. The smallest absolute Gasteiger partial charge is 0.191 e. The van der Waals surface area contributed by atoms with Crippen LogP contribution in [0.5, 0.6) is 0 Å². The Balaban J connectivity index is 2.17. The van der Waals surface area contributed by atoms with Crippen molar-refractivity contribution in [3.05, 3.63) is 47.5 Å². The van der Waals surface area contributed by atoms with Crippen molar-refractivity contribution in [2.24, 2.45) is 5.92 Å². The molecule has 3 rings (SSSR count). The van der Waals surface area contributed by atoms with Crippen LogP contribution in [0.3, 0.4) is 0 Å². The third-order valence-electron chi connectivity index (χ3n) is 3.91. The van der Waals surface area contributed by atoms with E-state index in [9.17, 15) is 0 Å². The maximum Gasteiger partial charge on any atom is 0.191 e. The quantitative estimate of drug-likeness (QED) is 0.850. The van der Waals surface area contributed by atoms with Gasteiger partial charge in [0.15, 0.2) is 5.72 Å². The van der Waals surface area contributed by atoms with Gasteiger partial charge in [0.2, 0.25) is 0 Å². The Morgan fingerprint density at radius 3 is 2.50 bits per heavy atom. The second-order valence-electron chi connectivity index (χ2n) is 6.01. The number of nitrogens with zero attached hydrogens (tertiary/aromatic N) is 3. The molecule has 0 aliphatic carbocycles. The molecule has 1 fully saturated rings. The van der Waals surface area contributed by atoms with Crippen LogP contribution in [-0.4, -0.2) is 20.4 Å². The largest absolute Gasteiger partial charge is 0.343 e. The Morgan fingerprint density at radius 1 is 1.30 bits per heavy atom. The Kier molecular flexibility index (Phi) is 3.10. The second-order valence-corrected chi connectivity index (χ2v) is 6.45. The molecule has 20 heavy (non-hydrogen) atoms. The van der Waals surface area contributed by atoms with Gasteiger partial charge in [-0.15, -0.1) is 0 Å². The Morgan fingerprint density at radius 2 is 2.00 bits per heavy atom. The summed E-state index contributed by atoms with van der Waals surface area (Å²) in [7, 11) is 0. The summed E-state index contributed by atoms with van der Waals surface area (Å²) in [5.41, 5.74) is 0.223. The molecule has 1 aliphatic heterocycles. The lowest BCUT2D eigenvalue weighted by molar-refractivity contribution is -0.126. The molecule has 0 radical (unpaired) electrons. The van der Waals surface area contributed by atoms with E-state index < -0.39 is 5.72 Å². The highest BCUT2D eigenvalue weighted by Crippen LogP contribution is 2.49. The van der Waals surface area contributed by atoms with Gasteiger partial charge in [0.1, 0.15) is 12.7 Å². The zero-order valence-electron chi connectivity index (χ0n) is 11.9. The minimum Gasteiger partial charge on any atom is -0.343 e. The van der Waals surface area contributed by atoms with Gasteiger partial charge in [-0.05, 0) is 32.4 Å². The van der Waals surface area contributed by atoms with Crippen molar-refractivity contribution < 1.29 is 4.74 Å². The Labute approximate surface area is 123 Å². The third-order valence-corrected chi connectivity index (χ3v) is 4.17. The van der Waals surface area contributed by atoms with Crippen LogP contribution in [0.1, 0.15) is 32.8 Å². The fourth-order valence-electron chi connectivity index (χ4n) is 3.26. The molecule has 106 valence electrons. The molecule has 0 amide bonds. The predicted molar refractivity (Wildman–Crippen MR) is 77.5 cm³/mol. The third kappa shape index (κ3) is 2.03. The van der Waals surface area contributed by atoms with Crippen LogP contribution >= 0.6 is 11.6 Å². The molecule has 0 N–H and O–H groups in total. The molecule has 0 spiro atoms. The van der Waals surface area contributed by atoms with Gasteiger partial charge in [-0.3, -0.25) is 0 Å². The fraction of sp³-hybridized carbons (Fsp3) is 0.467. The van der Waals surface area contributed by atoms with E-state index in [-0.39, 0.29) is 11.5 Å². The molecule has 1 aromatic heterocycles. The first-order valence-electron chi connectivity index (χ1n) is 6.75. The summed E-state index contributed by atoms with van der Waals surface area (Å²) in [6.45, 7) is 6.40. The molecular formula is C15H18ClN3O. The number of halogens is 1. The molecule has 1 aliphatic rings. The zero-order chi connectivity index (χ0) is 14.4. The first-order chi connectivity index (χ1) is 9.44. The van der Waals surface area contributed by atoms with E-state index in [1.54, 1.807) is 12.7 Å². The fourth-order valence-corrected chi connectivity index (χ4v) is 3.38. The van der Waals surface area contributed by atoms with Crippen LogP contribution in [0.25, 0.3) is 0 Å². The average molecular weight is 292 g/mol. The van der Waals surface area contributed by atoms with Crippen LogP contribution in [0.2, 0.25) is 5.02 Å². The monoisotopic (exact) mass is 291 g/mol. The summed E-state index contributed by atoms with van der Waals surface area (Å²) in [6, 6.07) is 7.78. The van der Waals surface area contributed by atoms with Gasteiger partial charge in [0, 0.05) is 16.5 Å². The second kappa shape index (κ2) is 4.57. The summed E-state index contributed by atoms with van der Waals surface area (Å²) in [6.07, 6.45) is 4.21. The summed E-state index contributed by atoms with van der Waals surface area (Å²) in [5, 5.41) is 5.05. The molecule has 2 unspecified atom stereocenters. The van der Waals surface area contributed by atoms with Crippen LogP contribution < -0.4 is 0 Å². The minimum absolute atomic E-state index is 0.203. The Bertz CT molecular complexity index is 594. The summed E-state index contributed by atoms with van der Waals surface area (Å²) >= 11 is 6.01. The van der Waals surface area contributed by atoms with E-state index in [2.05, 4.69) is 30.9 Å². The van der Waals surface area contributed by atoms with Crippen molar-refractivity contribution >= 4 is 11.6 Å². The average Bonchev–Trinajstić information content (AvgIpc) is 2.97. The first-order valence-corrected chi connectivity index (χ1v) is 7.13. The van der Waals surface area contributed by atoms with Crippen LogP contribution in [-0.2, 0) is 10.5 Å². The molecular weight excluding hydrogens is 274 g/mol. The molecule has 2 atom stereocenters. The van der Waals surface area contributed by atoms with Crippen molar-refractivity contribution in [3.8, 4) is 0 Å². The highest BCUT2D eigenvalue weighted by molar-refractivity contribution is 6.30. The lowest BCUT2D eigenvalue weighted by Gasteiger charge is -2.34. The molecule has 1 aromatic carbocycles. The lowest BCUT2D eigenvalue weighted by Crippen LogP contribution is -2.41. The number of hydrogen-bond acceptors (Lipinski definition) is 3. The van der Waals surface area contributed by atoms with Gasteiger partial charge in [-0.1, -0.05) is 30.7 Å². The van der Waals surface area contributed by atoms with E-state index in [4.69, 9.17) is 16.3 Å². The van der Waals surface area contributed by atoms with Gasteiger partial charge >= 0.3 is 0 Å². The lowest BCUT2D eigenvalue weighted by atomic mass is 9.87. The summed E-state index contributed by atoms with van der Waals surface area (Å²) in [5.74, 6) is 0.278. The molecule has 1 saturated heterocycles. The van der Waals surface area contributed by atoms with Gasteiger partial charge in [0.25, 0.3) is 0 Å². The maximum absolute atomic E-state index is 6.44. The van der Waals surface area contributed by atoms with E-state index in [1.165, 1.54) is 0 Å². The van der Waals surface area contributed by atoms with Crippen LogP contribution in [0, 0.1) is 5.92 Å². The predicted octanol–water partition coefficient (Wildman–Crippen LogP) is 3.47. The number of benzene rings is 1. The van der Waals surface area contributed by atoms with Gasteiger partial charge in [0.05, 0.1) is 5.60 Å². The first kappa shape index (κ1) is 13.6. The van der Waals surface area contributed by atoms with Crippen molar-refractivity contribution in [1.82, 2.24) is 14.8 Å². The van der Waals surface area contributed by atoms with Gasteiger partial charge in [-0.2, -0.15) is 5.10 Å². The SMILES string of the molecule is CC1CC(C)(C)OC1(c1ccc(Cl)cc1)n1cncn1. The van der Waals surface area contributed by atoms with E-state index in [0.717, 1.165) is 12.0 Å². The van der Waals surface area contributed by atoms with E-state index in [1.807, 2.05) is 28.9 Å². The van der Waals surface area contributed by atoms with Crippen LogP contribution in [0.15, 0.2) is 36.9 Å². The number of aromatic nitrogens is 3. The van der Waals surface area contributed by atoms with E-state index >= 15 is 0 Å². The molecule has 2 heterocycles. The van der Waals surface area contributed by atoms with Crippen LogP contribution in [0.4, 0.5) is 0 Å². The van der Waals surface area contributed by atoms with Crippen molar-refractivity contribution in [3.63, 3.8) is 0 Å². The van der Waals surface area contributed by atoms with Crippen molar-refractivity contribution in [2.45, 2.75) is 38.5 Å². The van der Waals surface area contributed by atoms with E-state index in [0.29, 0.717) is 5.02 Å². The van der Waals surface area contributed by atoms with Gasteiger partial charge in [-0.25, -0.2) is 9.67 Å². The molecule has 4 nitrogen and oxygen atoms in total. The standard InChI is InChI=1S/C15H18ClN3O/c1-11-8-14(2,3)20-15(11,19-10-17-9-18-19)12-4-6-13(16)7-5-12/h4-7,9-11H,8H2,1-3H3. The maximum atomic E-state index is 6.44. The number of ether oxygens (including phenoxy) is 1. The van der Waals surface area contributed by atoms with Crippen molar-refractivity contribution in [1.29, 1.82) is 0 Å². The number of hydrogen-bond donors (Lipinski definition) is 0. The van der Waals surface area contributed by atoms with Gasteiger partial charge < -0.3 is 4.74 Å². The highest BCUT2D eigenvalue weighted by atomic mass is 35.5. The van der Waals surface area contributed by atoms with Crippen molar-refractivity contribution in [2.75, 3.05) is 0 Å². The minimum atomic E-state index is -0.620. The summed E-state index contributed by atoms with van der Waals surface area (Å²) in [4.78, 5) is 4.08. The summed E-state index contributed by atoms with van der Waals surface area (Å²) < 4.78 is 8.25. The topological polar surface area (TPSA) is 39.9 Å². The normalized spacial score (nSPS) is 28.7. The molecule has 0 saturated carbocycles. The zero-order valence-corrected chi connectivity index (χ0v) is 12.6. The highest BCUT2D eigenvalue weighted by Gasteiger charge is 2.53. The Hall–Kier alpha value is -1.39. The number of rotatable bonds is 2.